The number of carbonyl (C=O) groups excluding carboxylic acids is 1. The molecule has 1 unspecified atom stereocenters. The Balaban J connectivity index is 1.85. The third-order valence-corrected chi connectivity index (χ3v) is 5.16. The van der Waals surface area contributed by atoms with Gasteiger partial charge in [0.1, 0.15) is 5.78 Å². The van der Waals surface area contributed by atoms with E-state index in [1.54, 1.807) is 0 Å². The molecular weight excluding hydrogens is 196 g/mol. The molecular formula is C15H26O. The van der Waals surface area contributed by atoms with Gasteiger partial charge in [0.15, 0.2) is 0 Å². The zero-order valence-corrected chi connectivity index (χ0v) is 10.9. The number of carbonyl (C=O) groups is 1. The van der Waals surface area contributed by atoms with E-state index in [4.69, 9.17) is 0 Å². The van der Waals surface area contributed by atoms with Crippen LogP contribution in [0.5, 0.6) is 0 Å². The van der Waals surface area contributed by atoms with E-state index in [9.17, 15) is 4.79 Å². The lowest BCUT2D eigenvalue weighted by atomic mass is 9.70. The summed E-state index contributed by atoms with van der Waals surface area (Å²) in [6, 6.07) is 0. The number of ketones is 1. The van der Waals surface area contributed by atoms with Crippen LogP contribution >= 0.6 is 0 Å². The first-order valence-electron chi connectivity index (χ1n) is 7.15. The first kappa shape index (κ1) is 12.1. The van der Waals surface area contributed by atoms with E-state index in [-0.39, 0.29) is 5.41 Å². The highest BCUT2D eigenvalue weighted by Crippen LogP contribution is 2.41. The summed E-state index contributed by atoms with van der Waals surface area (Å²) in [4.78, 5) is 12.0. The average Bonchev–Trinajstić information content (AvgIpc) is 2.66. The van der Waals surface area contributed by atoms with Gasteiger partial charge in [-0.3, -0.25) is 4.79 Å². The molecule has 0 amide bonds. The molecule has 0 saturated heterocycles. The van der Waals surface area contributed by atoms with Crippen molar-refractivity contribution >= 4 is 5.78 Å². The monoisotopic (exact) mass is 222 g/mol. The van der Waals surface area contributed by atoms with E-state index < -0.39 is 0 Å². The Morgan fingerprint density at radius 1 is 1.25 bits per heavy atom. The zero-order valence-electron chi connectivity index (χ0n) is 10.9. The van der Waals surface area contributed by atoms with Crippen LogP contribution in [-0.4, -0.2) is 5.78 Å². The lowest BCUT2D eigenvalue weighted by molar-refractivity contribution is -0.130. The quantitative estimate of drug-likeness (QED) is 0.693. The SMILES string of the molecule is C[C@@H]1CCCC1CC[C@]1(C)CCCCC1=O. The Morgan fingerprint density at radius 2 is 2.06 bits per heavy atom. The molecule has 0 spiro atoms. The third-order valence-electron chi connectivity index (χ3n) is 5.16. The molecule has 0 aromatic rings. The Kier molecular flexibility index (Phi) is 3.71. The molecule has 16 heavy (non-hydrogen) atoms. The van der Waals surface area contributed by atoms with Crippen LogP contribution in [0, 0.1) is 17.3 Å². The first-order valence-corrected chi connectivity index (χ1v) is 7.15. The van der Waals surface area contributed by atoms with Crippen LogP contribution in [0.25, 0.3) is 0 Å². The summed E-state index contributed by atoms with van der Waals surface area (Å²) in [5.74, 6) is 2.36. The van der Waals surface area contributed by atoms with Crippen molar-refractivity contribution in [3.63, 3.8) is 0 Å². The van der Waals surface area contributed by atoms with E-state index in [0.717, 1.165) is 37.5 Å². The maximum Gasteiger partial charge on any atom is 0.138 e. The maximum absolute atomic E-state index is 12.0. The number of rotatable bonds is 3. The predicted octanol–water partition coefficient (Wildman–Crippen LogP) is 4.35. The standard InChI is InChI=1S/C15H26O/c1-12-6-5-7-13(12)9-11-15(2)10-4-3-8-14(15)16/h12-13H,3-11H2,1-2H3/t12-,13?,15+/m1/s1. The van der Waals surface area contributed by atoms with E-state index in [1.165, 1.54) is 32.1 Å². The van der Waals surface area contributed by atoms with Gasteiger partial charge in [0.05, 0.1) is 0 Å². The van der Waals surface area contributed by atoms with Gasteiger partial charge in [0.2, 0.25) is 0 Å². The minimum absolute atomic E-state index is 0.0422. The highest BCUT2D eigenvalue weighted by Gasteiger charge is 2.36. The maximum atomic E-state index is 12.0. The van der Waals surface area contributed by atoms with Gasteiger partial charge in [-0.15, -0.1) is 0 Å². The first-order chi connectivity index (χ1) is 7.62. The minimum Gasteiger partial charge on any atom is -0.299 e. The van der Waals surface area contributed by atoms with Crippen molar-refractivity contribution in [2.75, 3.05) is 0 Å². The zero-order chi connectivity index (χ0) is 11.6. The second-order valence-electron chi connectivity index (χ2n) is 6.40. The van der Waals surface area contributed by atoms with Crippen molar-refractivity contribution in [3.05, 3.63) is 0 Å². The normalized spacial score (nSPS) is 40.2. The van der Waals surface area contributed by atoms with Crippen LogP contribution in [0.1, 0.15) is 71.6 Å². The summed E-state index contributed by atoms with van der Waals surface area (Å²) in [5, 5.41) is 0. The van der Waals surface area contributed by atoms with Crippen molar-refractivity contribution in [2.24, 2.45) is 17.3 Å². The Labute approximate surface area is 100.0 Å². The van der Waals surface area contributed by atoms with Crippen LogP contribution in [0.3, 0.4) is 0 Å². The fraction of sp³-hybridized carbons (Fsp3) is 0.933. The predicted molar refractivity (Wildman–Crippen MR) is 67.3 cm³/mol. The van der Waals surface area contributed by atoms with Crippen molar-refractivity contribution in [1.29, 1.82) is 0 Å². The summed E-state index contributed by atoms with van der Waals surface area (Å²) in [5.41, 5.74) is 0.0422. The van der Waals surface area contributed by atoms with Crippen LogP contribution in [0.4, 0.5) is 0 Å². The molecule has 3 atom stereocenters. The molecule has 0 radical (unpaired) electrons. The fourth-order valence-electron chi connectivity index (χ4n) is 3.66. The molecule has 0 aromatic carbocycles. The summed E-state index contributed by atoms with van der Waals surface area (Å²) in [6.45, 7) is 4.61. The minimum atomic E-state index is 0.0422. The van der Waals surface area contributed by atoms with E-state index >= 15 is 0 Å². The Bertz CT molecular complexity index is 258. The molecule has 0 N–H and O–H groups in total. The topological polar surface area (TPSA) is 17.1 Å². The lowest BCUT2D eigenvalue weighted by Gasteiger charge is -2.33. The average molecular weight is 222 g/mol. The molecule has 92 valence electrons. The molecule has 2 fully saturated rings. The van der Waals surface area contributed by atoms with Crippen molar-refractivity contribution in [3.8, 4) is 0 Å². The summed E-state index contributed by atoms with van der Waals surface area (Å²) in [6.07, 6.45) is 11.1. The fourth-order valence-corrected chi connectivity index (χ4v) is 3.66. The number of hydrogen-bond acceptors (Lipinski definition) is 1. The van der Waals surface area contributed by atoms with Crippen molar-refractivity contribution in [2.45, 2.75) is 71.6 Å². The summed E-state index contributed by atoms with van der Waals surface area (Å²) in [7, 11) is 0. The molecule has 0 aliphatic heterocycles. The molecule has 2 aliphatic carbocycles. The summed E-state index contributed by atoms with van der Waals surface area (Å²) < 4.78 is 0. The molecule has 0 bridgehead atoms. The Morgan fingerprint density at radius 3 is 2.69 bits per heavy atom. The molecule has 1 heteroatoms. The van der Waals surface area contributed by atoms with Gasteiger partial charge in [-0.25, -0.2) is 0 Å². The Hall–Kier alpha value is -0.330. The van der Waals surface area contributed by atoms with Crippen LogP contribution in [0.2, 0.25) is 0 Å². The smallest absolute Gasteiger partial charge is 0.138 e. The molecule has 0 aromatic heterocycles. The van der Waals surface area contributed by atoms with Gasteiger partial charge in [0.25, 0.3) is 0 Å². The lowest BCUT2D eigenvalue weighted by Crippen LogP contribution is -2.31. The highest BCUT2D eigenvalue weighted by atomic mass is 16.1. The second kappa shape index (κ2) is 4.89. The number of hydrogen-bond donors (Lipinski definition) is 0. The van der Waals surface area contributed by atoms with Crippen molar-refractivity contribution in [1.82, 2.24) is 0 Å². The second-order valence-corrected chi connectivity index (χ2v) is 6.40. The van der Waals surface area contributed by atoms with E-state index in [2.05, 4.69) is 13.8 Å². The molecule has 1 nitrogen and oxygen atoms in total. The van der Waals surface area contributed by atoms with E-state index in [0.29, 0.717) is 5.78 Å². The molecule has 0 heterocycles. The van der Waals surface area contributed by atoms with Crippen molar-refractivity contribution < 1.29 is 4.79 Å². The largest absolute Gasteiger partial charge is 0.299 e. The number of Topliss-reactive ketones (excluding diaryl/α,β-unsaturated/α-hetero) is 1. The van der Waals surface area contributed by atoms with Gasteiger partial charge in [-0.2, -0.15) is 0 Å². The summed E-state index contributed by atoms with van der Waals surface area (Å²) >= 11 is 0. The molecule has 2 rings (SSSR count). The highest BCUT2D eigenvalue weighted by molar-refractivity contribution is 5.85. The van der Waals surface area contributed by atoms with Crippen LogP contribution < -0.4 is 0 Å². The van der Waals surface area contributed by atoms with Crippen LogP contribution in [0.15, 0.2) is 0 Å². The van der Waals surface area contributed by atoms with Gasteiger partial charge in [0, 0.05) is 11.8 Å². The third kappa shape index (κ3) is 2.49. The van der Waals surface area contributed by atoms with Gasteiger partial charge in [-0.05, 0) is 37.5 Å². The molecule has 2 aliphatic rings. The van der Waals surface area contributed by atoms with Gasteiger partial charge < -0.3 is 0 Å². The van der Waals surface area contributed by atoms with Gasteiger partial charge >= 0.3 is 0 Å². The van der Waals surface area contributed by atoms with Gasteiger partial charge in [-0.1, -0.05) is 39.5 Å². The van der Waals surface area contributed by atoms with E-state index in [1.807, 2.05) is 0 Å². The van der Waals surface area contributed by atoms with Crippen LogP contribution in [-0.2, 0) is 4.79 Å². The molecule has 2 saturated carbocycles.